The fourth-order valence-electron chi connectivity index (χ4n) is 2.47. The molecule has 0 aliphatic carbocycles. The van der Waals surface area contributed by atoms with Gasteiger partial charge in [-0.2, -0.15) is 0 Å². The van der Waals surface area contributed by atoms with Crippen LogP contribution in [0.1, 0.15) is 20.3 Å². The van der Waals surface area contributed by atoms with E-state index in [0.29, 0.717) is 11.8 Å². The molecule has 0 fully saturated rings. The van der Waals surface area contributed by atoms with Crippen LogP contribution in [0.2, 0.25) is 45.3 Å². The Labute approximate surface area is 162 Å². The van der Waals surface area contributed by atoms with E-state index in [1.165, 1.54) is 0 Å². The van der Waals surface area contributed by atoms with Gasteiger partial charge in [-0.15, -0.1) is 0 Å². The van der Waals surface area contributed by atoms with Gasteiger partial charge in [0.05, 0.1) is 19.4 Å². The summed E-state index contributed by atoms with van der Waals surface area (Å²) in [5, 5.41) is 9.44. The lowest BCUT2D eigenvalue weighted by Gasteiger charge is -2.40. The Morgan fingerprint density at radius 3 is 1.92 bits per heavy atom. The third-order valence-electron chi connectivity index (χ3n) is 3.07. The Morgan fingerprint density at radius 1 is 1.08 bits per heavy atom. The maximum absolute atomic E-state index is 11.6. The van der Waals surface area contributed by atoms with Crippen LogP contribution in [-0.4, -0.2) is 61.8 Å². The van der Waals surface area contributed by atoms with E-state index in [0.717, 1.165) is 12.5 Å². The zero-order valence-electron chi connectivity index (χ0n) is 17.8. The molecule has 1 atom stereocenters. The van der Waals surface area contributed by atoms with Crippen molar-refractivity contribution in [3.05, 3.63) is 12.2 Å². The lowest BCUT2D eigenvalue weighted by Crippen LogP contribution is -2.58. The predicted molar refractivity (Wildman–Crippen MR) is 112 cm³/mol. The molecule has 0 aromatic rings. The van der Waals surface area contributed by atoms with Crippen LogP contribution in [0.5, 0.6) is 0 Å². The molecular weight excluding hydrogens is 384 g/mol. The molecule has 0 saturated heterocycles. The van der Waals surface area contributed by atoms with Crippen molar-refractivity contribution in [3.63, 3.8) is 0 Å². The summed E-state index contributed by atoms with van der Waals surface area (Å²) in [6.07, 6.45) is 0.612. The van der Waals surface area contributed by atoms with E-state index in [9.17, 15) is 9.90 Å². The van der Waals surface area contributed by atoms with Crippen LogP contribution < -0.4 is 0 Å². The molecule has 1 unspecified atom stereocenters. The average Bonchev–Trinajstić information content (AvgIpc) is 2.42. The molecule has 0 heterocycles. The smallest absolute Gasteiger partial charge is 0.344 e. The number of aliphatic hydroxyl groups is 1. The molecule has 0 saturated carbocycles. The SMILES string of the molecule is C=C(C)C(=O)OC(CO)COC[Si](CCC)(O[Si](C)(C)C)O[Si](C)(C)C. The van der Waals surface area contributed by atoms with Crippen molar-refractivity contribution in [2.24, 2.45) is 0 Å². The van der Waals surface area contributed by atoms with Gasteiger partial charge in [0.1, 0.15) is 6.10 Å². The van der Waals surface area contributed by atoms with Crippen molar-refractivity contribution < 1.29 is 27.6 Å². The molecule has 0 aromatic heterocycles. The average molecular weight is 423 g/mol. The Morgan fingerprint density at radius 2 is 1.58 bits per heavy atom. The molecule has 0 amide bonds. The molecular formula is C17H38O6Si3. The van der Waals surface area contributed by atoms with Gasteiger partial charge < -0.3 is 22.8 Å². The van der Waals surface area contributed by atoms with Crippen LogP contribution in [0.4, 0.5) is 0 Å². The maximum Gasteiger partial charge on any atom is 0.344 e. The first kappa shape index (κ1) is 25.7. The second kappa shape index (κ2) is 10.9. The summed E-state index contributed by atoms with van der Waals surface area (Å²) >= 11 is 0. The number of carbonyl (C=O) groups is 1. The van der Waals surface area contributed by atoms with Crippen molar-refractivity contribution in [1.29, 1.82) is 0 Å². The molecule has 9 heteroatoms. The normalized spacial score (nSPS) is 14.2. The molecule has 0 radical (unpaired) electrons. The third kappa shape index (κ3) is 11.4. The van der Waals surface area contributed by atoms with E-state index < -0.39 is 37.3 Å². The predicted octanol–water partition coefficient (Wildman–Crippen LogP) is 3.58. The van der Waals surface area contributed by atoms with Crippen LogP contribution in [0.3, 0.4) is 0 Å². The van der Waals surface area contributed by atoms with Gasteiger partial charge in [-0.3, -0.25) is 0 Å². The van der Waals surface area contributed by atoms with Crippen LogP contribution in [0.15, 0.2) is 12.2 Å². The number of ether oxygens (including phenoxy) is 2. The van der Waals surface area contributed by atoms with Gasteiger partial charge in [-0.05, 0) is 52.2 Å². The summed E-state index contributed by atoms with van der Waals surface area (Å²) in [5.74, 6) is -0.526. The monoisotopic (exact) mass is 422 g/mol. The first-order valence-electron chi connectivity index (χ1n) is 9.19. The fourth-order valence-corrected chi connectivity index (χ4v) is 14.6. The minimum Gasteiger partial charge on any atom is -0.454 e. The number of aliphatic hydroxyl groups excluding tert-OH is 1. The highest BCUT2D eigenvalue weighted by molar-refractivity contribution is 6.88. The standard InChI is InChI=1S/C17H38O6Si3/c1-10-11-26(22-24(4,5)6,23-25(7,8)9)14-20-13-16(12-18)21-17(19)15(2)3/h16,18H,2,10-14H2,1,3-9H3. The van der Waals surface area contributed by atoms with Crippen molar-refractivity contribution in [2.45, 2.75) is 71.7 Å². The van der Waals surface area contributed by atoms with Gasteiger partial charge in [0.2, 0.25) is 0 Å². The molecule has 0 aliphatic rings. The van der Waals surface area contributed by atoms with Gasteiger partial charge in [-0.1, -0.05) is 19.9 Å². The first-order valence-corrected chi connectivity index (χ1v) is 18.2. The summed E-state index contributed by atoms with van der Waals surface area (Å²) in [4.78, 5) is 11.6. The minimum atomic E-state index is -2.55. The van der Waals surface area contributed by atoms with E-state index in [1.54, 1.807) is 6.92 Å². The highest BCUT2D eigenvalue weighted by Gasteiger charge is 2.44. The van der Waals surface area contributed by atoms with Gasteiger partial charge in [-0.25, -0.2) is 4.79 Å². The number of hydrogen-bond acceptors (Lipinski definition) is 6. The van der Waals surface area contributed by atoms with Gasteiger partial charge in [0.25, 0.3) is 0 Å². The van der Waals surface area contributed by atoms with E-state index in [4.69, 9.17) is 17.7 Å². The summed E-state index contributed by atoms with van der Waals surface area (Å²) in [7, 11) is -6.19. The lowest BCUT2D eigenvalue weighted by molar-refractivity contribution is -0.149. The fraction of sp³-hybridized carbons (Fsp3) is 0.824. The van der Waals surface area contributed by atoms with Gasteiger partial charge in [0, 0.05) is 5.57 Å². The second-order valence-corrected chi connectivity index (χ2v) is 21.3. The molecule has 1 N–H and O–H groups in total. The van der Waals surface area contributed by atoms with Gasteiger partial charge in [0.15, 0.2) is 16.6 Å². The van der Waals surface area contributed by atoms with E-state index in [2.05, 4.69) is 52.8 Å². The first-order chi connectivity index (χ1) is 11.7. The molecule has 0 rings (SSSR count). The number of carbonyl (C=O) groups excluding carboxylic acids is 1. The van der Waals surface area contributed by atoms with E-state index in [1.807, 2.05) is 0 Å². The Kier molecular flexibility index (Phi) is 10.8. The molecule has 0 spiro atoms. The van der Waals surface area contributed by atoms with Crippen LogP contribution in [0, 0.1) is 0 Å². The third-order valence-corrected chi connectivity index (χ3v) is 12.8. The zero-order chi connectivity index (χ0) is 20.6. The van der Waals surface area contributed by atoms with Crippen molar-refractivity contribution in [2.75, 3.05) is 19.4 Å². The largest absolute Gasteiger partial charge is 0.454 e. The van der Waals surface area contributed by atoms with Crippen molar-refractivity contribution in [1.82, 2.24) is 0 Å². The topological polar surface area (TPSA) is 74.2 Å². The lowest BCUT2D eigenvalue weighted by atomic mass is 10.3. The molecule has 0 bridgehead atoms. The molecule has 154 valence electrons. The summed E-state index contributed by atoms with van der Waals surface area (Å²) in [6, 6.07) is 0.858. The quantitative estimate of drug-likeness (QED) is 0.278. The van der Waals surface area contributed by atoms with Gasteiger partial charge >= 0.3 is 14.5 Å². The number of esters is 1. The summed E-state index contributed by atoms with van der Waals surface area (Å²) < 4.78 is 24.2. The Bertz CT molecular complexity index is 440. The van der Waals surface area contributed by atoms with E-state index in [-0.39, 0.29) is 13.2 Å². The zero-order valence-corrected chi connectivity index (χ0v) is 20.8. The molecule has 26 heavy (non-hydrogen) atoms. The molecule has 0 aliphatic heterocycles. The summed E-state index contributed by atoms with van der Waals surface area (Å²) in [6.45, 7) is 20.0. The van der Waals surface area contributed by atoms with Crippen LogP contribution in [-0.2, 0) is 22.5 Å². The summed E-state index contributed by atoms with van der Waals surface area (Å²) in [5.41, 5.74) is 0.294. The maximum atomic E-state index is 11.6. The molecule has 6 nitrogen and oxygen atoms in total. The minimum absolute atomic E-state index is 0.109. The van der Waals surface area contributed by atoms with Crippen LogP contribution >= 0.6 is 0 Å². The highest BCUT2D eigenvalue weighted by atomic mass is 28.5. The number of hydrogen-bond donors (Lipinski definition) is 1. The number of rotatable bonds is 13. The highest BCUT2D eigenvalue weighted by Crippen LogP contribution is 2.26. The van der Waals surface area contributed by atoms with Crippen LogP contribution in [0.25, 0.3) is 0 Å². The Balaban J connectivity index is 5.09. The van der Waals surface area contributed by atoms with E-state index >= 15 is 0 Å². The molecule has 0 aromatic carbocycles. The second-order valence-electron chi connectivity index (χ2n) is 8.59. The Hall–Kier alpha value is -0.299. The van der Waals surface area contributed by atoms with Crippen molar-refractivity contribution in [3.8, 4) is 0 Å². The van der Waals surface area contributed by atoms with Crippen molar-refractivity contribution >= 4 is 31.2 Å².